The third kappa shape index (κ3) is 1.60. The number of aromatic amines is 1. The van der Waals surface area contributed by atoms with E-state index in [4.69, 9.17) is 0 Å². The average Bonchev–Trinajstić information content (AvgIpc) is 3.32. The van der Waals surface area contributed by atoms with Gasteiger partial charge in [-0.1, -0.05) is 18.2 Å². The predicted octanol–water partition coefficient (Wildman–Crippen LogP) is 2.12. The first-order chi connectivity index (χ1) is 9.61. The lowest BCUT2D eigenvalue weighted by atomic mass is 10.0. The van der Waals surface area contributed by atoms with Crippen LogP contribution >= 0.6 is 0 Å². The Kier molecular flexibility index (Phi) is 2.18. The second-order valence-electron chi connectivity index (χ2n) is 6.09. The molecule has 0 saturated heterocycles. The molecular weight excluding hydrogens is 252 g/mol. The number of fused-ring (bicyclic) bond motifs is 1. The van der Waals surface area contributed by atoms with Gasteiger partial charge in [0, 0.05) is 22.5 Å². The van der Waals surface area contributed by atoms with Crippen molar-refractivity contribution in [2.75, 3.05) is 0 Å². The van der Waals surface area contributed by atoms with Crippen molar-refractivity contribution in [1.82, 2.24) is 10.3 Å². The highest BCUT2D eigenvalue weighted by Gasteiger charge is 2.63. The number of carbonyl (C=O) groups excluding carboxylic acids is 1. The van der Waals surface area contributed by atoms with Gasteiger partial charge >= 0.3 is 0 Å². The van der Waals surface area contributed by atoms with Crippen molar-refractivity contribution in [2.45, 2.75) is 32.2 Å². The maximum Gasteiger partial charge on any atom is 0.252 e. The minimum atomic E-state index is -0.189. The Morgan fingerprint density at radius 1 is 1.35 bits per heavy atom. The lowest BCUT2D eigenvalue weighted by Crippen LogP contribution is -2.30. The summed E-state index contributed by atoms with van der Waals surface area (Å²) in [6.07, 6.45) is 3.55. The molecule has 0 radical (unpaired) electrons. The smallest absolute Gasteiger partial charge is 0.252 e. The molecule has 1 spiro atoms. The van der Waals surface area contributed by atoms with E-state index in [1.807, 2.05) is 24.3 Å². The molecule has 20 heavy (non-hydrogen) atoms. The van der Waals surface area contributed by atoms with E-state index < -0.39 is 0 Å². The largest absolute Gasteiger partial charge is 0.349 e. The Bertz CT molecular complexity index is 787. The third-order valence-electron chi connectivity index (χ3n) is 4.77. The van der Waals surface area contributed by atoms with Gasteiger partial charge in [-0.3, -0.25) is 9.59 Å². The maximum atomic E-state index is 12.5. The molecule has 2 saturated carbocycles. The van der Waals surface area contributed by atoms with Gasteiger partial charge in [-0.25, -0.2) is 0 Å². The third-order valence-corrected chi connectivity index (χ3v) is 4.77. The number of pyridine rings is 1. The maximum absolute atomic E-state index is 12.5. The van der Waals surface area contributed by atoms with Crippen LogP contribution in [0, 0.1) is 12.3 Å². The molecule has 2 N–H and O–H groups in total. The number of amides is 1. The highest BCUT2D eigenvalue weighted by molar-refractivity contribution is 6.07. The van der Waals surface area contributed by atoms with Gasteiger partial charge in [-0.15, -0.1) is 0 Å². The Labute approximate surface area is 116 Å². The number of aromatic nitrogens is 1. The first-order valence-corrected chi connectivity index (χ1v) is 7.03. The van der Waals surface area contributed by atoms with E-state index in [1.54, 1.807) is 6.92 Å². The summed E-state index contributed by atoms with van der Waals surface area (Å²) in [5.41, 5.74) is 1.95. The van der Waals surface area contributed by atoms with Crippen LogP contribution in [0.15, 0.2) is 29.1 Å². The van der Waals surface area contributed by atoms with E-state index in [0.717, 1.165) is 11.8 Å². The summed E-state index contributed by atoms with van der Waals surface area (Å²) >= 11 is 0. The van der Waals surface area contributed by atoms with Crippen LogP contribution in [-0.4, -0.2) is 16.9 Å². The van der Waals surface area contributed by atoms with Crippen molar-refractivity contribution in [2.24, 2.45) is 5.41 Å². The van der Waals surface area contributed by atoms with Crippen molar-refractivity contribution >= 4 is 16.8 Å². The van der Waals surface area contributed by atoms with E-state index >= 15 is 0 Å². The van der Waals surface area contributed by atoms with E-state index in [1.165, 1.54) is 12.8 Å². The molecule has 2 aromatic rings. The lowest BCUT2D eigenvalue weighted by Gasteiger charge is -2.10. The summed E-state index contributed by atoms with van der Waals surface area (Å²) in [6, 6.07) is 7.76. The monoisotopic (exact) mass is 268 g/mol. The number of nitrogens with one attached hydrogen (secondary N) is 2. The van der Waals surface area contributed by atoms with Crippen LogP contribution in [0.25, 0.3) is 10.9 Å². The van der Waals surface area contributed by atoms with Gasteiger partial charge in [-0.2, -0.15) is 0 Å². The standard InChI is InChI=1S/C16H16N2O2/c1-9-13(15(20)18-12-8-16(12)6-7-16)10-4-2-3-5-11(10)17-14(9)19/h2-5,12H,6-8H2,1H3,(H,17,19)(H,18,20)/t12-/m0/s1. The van der Waals surface area contributed by atoms with Crippen LogP contribution in [0.4, 0.5) is 0 Å². The number of rotatable bonds is 2. The Balaban J connectivity index is 1.79. The Hall–Kier alpha value is -2.10. The molecule has 1 amide bonds. The van der Waals surface area contributed by atoms with Crippen LogP contribution in [0.5, 0.6) is 0 Å². The van der Waals surface area contributed by atoms with Crippen molar-refractivity contribution < 1.29 is 4.79 Å². The number of carbonyl (C=O) groups is 1. The van der Waals surface area contributed by atoms with Crippen molar-refractivity contribution in [3.05, 3.63) is 45.7 Å². The molecule has 2 fully saturated rings. The van der Waals surface area contributed by atoms with Crippen LogP contribution in [0.1, 0.15) is 35.2 Å². The van der Waals surface area contributed by atoms with E-state index in [-0.39, 0.29) is 11.5 Å². The van der Waals surface area contributed by atoms with Gasteiger partial charge in [-0.05, 0) is 37.7 Å². The first kappa shape index (κ1) is 11.7. The Morgan fingerprint density at radius 2 is 2.10 bits per heavy atom. The van der Waals surface area contributed by atoms with E-state index in [2.05, 4.69) is 10.3 Å². The zero-order valence-corrected chi connectivity index (χ0v) is 11.3. The molecule has 1 atom stereocenters. The summed E-state index contributed by atoms with van der Waals surface area (Å²) in [5, 5.41) is 3.90. The minimum Gasteiger partial charge on any atom is -0.349 e. The fourth-order valence-electron chi connectivity index (χ4n) is 3.13. The molecule has 2 aliphatic rings. The van der Waals surface area contributed by atoms with Crippen LogP contribution in [0.3, 0.4) is 0 Å². The van der Waals surface area contributed by atoms with Gasteiger partial charge in [0.15, 0.2) is 0 Å². The highest BCUT2D eigenvalue weighted by Crippen LogP contribution is 2.65. The molecular formula is C16H16N2O2. The molecule has 1 heterocycles. The summed E-state index contributed by atoms with van der Waals surface area (Å²) in [4.78, 5) is 27.3. The summed E-state index contributed by atoms with van der Waals surface area (Å²) in [5.74, 6) is -0.112. The first-order valence-electron chi connectivity index (χ1n) is 7.03. The van der Waals surface area contributed by atoms with Crippen LogP contribution < -0.4 is 10.9 Å². The predicted molar refractivity (Wildman–Crippen MR) is 76.8 cm³/mol. The van der Waals surface area contributed by atoms with Crippen molar-refractivity contribution in [3.63, 3.8) is 0 Å². The fourth-order valence-corrected chi connectivity index (χ4v) is 3.13. The second-order valence-corrected chi connectivity index (χ2v) is 6.09. The van der Waals surface area contributed by atoms with E-state index in [0.29, 0.717) is 28.1 Å². The molecule has 4 nitrogen and oxygen atoms in total. The number of hydrogen-bond donors (Lipinski definition) is 2. The van der Waals surface area contributed by atoms with Crippen molar-refractivity contribution in [1.29, 1.82) is 0 Å². The van der Waals surface area contributed by atoms with E-state index in [9.17, 15) is 9.59 Å². The molecule has 1 aromatic carbocycles. The number of hydrogen-bond acceptors (Lipinski definition) is 2. The number of H-pyrrole nitrogens is 1. The molecule has 4 heteroatoms. The quantitative estimate of drug-likeness (QED) is 0.876. The van der Waals surface area contributed by atoms with Gasteiger partial charge in [0.1, 0.15) is 0 Å². The molecule has 0 unspecified atom stereocenters. The van der Waals surface area contributed by atoms with Gasteiger partial charge in [0.05, 0.1) is 5.56 Å². The van der Waals surface area contributed by atoms with Crippen molar-refractivity contribution in [3.8, 4) is 0 Å². The van der Waals surface area contributed by atoms with Crippen LogP contribution in [-0.2, 0) is 0 Å². The SMILES string of the molecule is Cc1c(C(=O)N[C@H]2CC23CC3)c2ccccc2[nH]c1=O. The number of para-hydroxylation sites is 1. The van der Waals surface area contributed by atoms with Gasteiger partial charge in [0.25, 0.3) is 11.5 Å². The summed E-state index contributed by atoms with van der Waals surface area (Å²) in [6.45, 7) is 1.71. The molecule has 0 bridgehead atoms. The lowest BCUT2D eigenvalue weighted by molar-refractivity contribution is 0.0949. The van der Waals surface area contributed by atoms with Gasteiger partial charge < -0.3 is 10.3 Å². The Morgan fingerprint density at radius 3 is 2.80 bits per heavy atom. The van der Waals surface area contributed by atoms with Gasteiger partial charge in [0.2, 0.25) is 0 Å². The minimum absolute atomic E-state index is 0.112. The number of benzene rings is 1. The molecule has 1 aromatic heterocycles. The fraction of sp³-hybridized carbons (Fsp3) is 0.375. The normalized spacial score (nSPS) is 21.9. The molecule has 102 valence electrons. The molecule has 4 rings (SSSR count). The summed E-state index contributed by atoms with van der Waals surface area (Å²) in [7, 11) is 0. The summed E-state index contributed by atoms with van der Waals surface area (Å²) < 4.78 is 0. The zero-order chi connectivity index (χ0) is 13.9. The topological polar surface area (TPSA) is 62.0 Å². The molecule has 2 aliphatic carbocycles. The molecule has 0 aliphatic heterocycles. The average molecular weight is 268 g/mol. The highest BCUT2D eigenvalue weighted by atomic mass is 16.2. The van der Waals surface area contributed by atoms with Crippen LogP contribution in [0.2, 0.25) is 0 Å². The zero-order valence-electron chi connectivity index (χ0n) is 11.3. The second kappa shape index (κ2) is 3.72.